The van der Waals surface area contributed by atoms with Crippen LogP contribution in [-0.2, 0) is 0 Å². The van der Waals surface area contributed by atoms with Crippen LogP contribution in [-0.4, -0.2) is 19.1 Å². The highest BCUT2D eigenvalue weighted by atomic mass is 15.0. The second-order valence-electron chi connectivity index (χ2n) is 15.8. The van der Waals surface area contributed by atoms with Crippen molar-refractivity contribution in [1.82, 2.24) is 19.1 Å². The molecule has 0 aliphatic heterocycles. The minimum Gasteiger partial charge on any atom is -0.309 e. The van der Waals surface area contributed by atoms with Crippen molar-refractivity contribution in [3.8, 4) is 67.5 Å². The molecule has 0 amide bonds. The SMILES string of the molecule is c1ccc(-c2cc(-c3cc(-c4ccccc4)c(-n4c5ccccc5c5ccc(-n6c7ccccc7c7ccccc76)cc54)c(-c4ccccc4)c3)nc(-c3ccccc3)n2)cc1. The van der Waals surface area contributed by atoms with E-state index in [0.717, 1.165) is 72.7 Å². The number of benzene rings is 9. The minimum atomic E-state index is 0.688. The minimum absolute atomic E-state index is 0.688. The quantitative estimate of drug-likeness (QED) is 0.161. The summed E-state index contributed by atoms with van der Waals surface area (Å²) in [6.45, 7) is 0. The van der Waals surface area contributed by atoms with Gasteiger partial charge >= 0.3 is 0 Å². The Balaban J connectivity index is 1.19. The van der Waals surface area contributed by atoms with Crippen LogP contribution in [0.25, 0.3) is 111 Å². The lowest BCUT2D eigenvalue weighted by Gasteiger charge is -2.21. The molecular weight excluding hydrogens is 753 g/mol. The van der Waals surface area contributed by atoms with Crippen LogP contribution in [0, 0.1) is 0 Å². The van der Waals surface area contributed by atoms with Gasteiger partial charge in [0.2, 0.25) is 0 Å². The van der Waals surface area contributed by atoms with Gasteiger partial charge in [0, 0.05) is 55.0 Å². The third kappa shape index (κ3) is 5.92. The number of hydrogen-bond acceptors (Lipinski definition) is 2. The average Bonchev–Trinajstić information content (AvgIpc) is 3.87. The number of hydrogen-bond donors (Lipinski definition) is 0. The third-order valence-electron chi connectivity index (χ3n) is 12.1. The van der Waals surface area contributed by atoms with E-state index in [-0.39, 0.29) is 0 Å². The molecule has 62 heavy (non-hydrogen) atoms. The first-order chi connectivity index (χ1) is 30.8. The van der Waals surface area contributed by atoms with E-state index in [4.69, 9.17) is 9.97 Å². The van der Waals surface area contributed by atoms with Crippen LogP contribution in [0.1, 0.15) is 0 Å². The summed E-state index contributed by atoms with van der Waals surface area (Å²) in [7, 11) is 0. The summed E-state index contributed by atoms with van der Waals surface area (Å²) in [4.78, 5) is 10.5. The first-order valence-corrected chi connectivity index (χ1v) is 21.1. The van der Waals surface area contributed by atoms with E-state index in [1.54, 1.807) is 0 Å². The van der Waals surface area contributed by atoms with Crippen molar-refractivity contribution in [1.29, 1.82) is 0 Å². The Morgan fingerprint density at radius 3 is 1.19 bits per heavy atom. The lowest BCUT2D eigenvalue weighted by molar-refractivity contribution is 1.15. The molecule has 3 aromatic heterocycles. The zero-order valence-electron chi connectivity index (χ0n) is 33.7. The van der Waals surface area contributed by atoms with Gasteiger partial charge in [-0.05, 0) is 59.7 Å². The van der Waals surface area contributed by atoms with E-state index in [1.165, 1.54) is 32.6 Å². The van der Waals surface area contributed by atoms with Crippen molar-refractivity contribution in [2.45, 2.75) is 0 Å². The van der Waals surface area contributed by atoms with Crippen molar-refractivity contribution in [3.63, 3.8) is 0 Å². The summed E-state index contributed by atoms with van der Waals surface area (Å²) in [5.74, 6) is 0.688. The summed E-state index contributed by atoms with van der Waals surface area (Å²) in [6.07, 6.45) is 0. The molecule has 9 aromatic carbocycles. The predicted molar refractivity (Wildman–Crippen MR) is 258 cm³/mol. The molecule has 0 saturated heterocycles. The van der Waals surface area contributed by atoms with Crippen molar-refractivity contribution < 1.29 is 0 Å². The topological polar surface area (TPSA) is 35.6 Å². The summed E-state index contributed by atoms with van der Waals surface area (Å²) < 4.78 is 4.91. The first-order valence-electron chi connectivity index (χ1n) is 21.1. The van der Waals surface area contributed by atoms with Crippen molar-refractivity contribution >= 4 is 43.6 Å². The maximum absolute atomic E-state index is 5.33. The molecule has 4 heteroatoms. The highest BCUT2D eigenvalue weighted by Crippen LogP contribution is 2.45. The Morgan fingerprint density at radius 1 is 0.274 bits per heavy atom. The lowest BCUT2D eigenvalue weighted by atomic mass is 9.91. The first kappa shape index (κ1) is 35.6. The Kier molecular flexibility index (Phi) is 8.46. The Bertz CT molecular complexity index is 3440. The van der Waals surface area contributed by atoms with Crippen LogP contribution in [0.4, 0.5) is 0 Å². The molecule has 12 aromatic rings. The van der Waals surface area contributed by atoms with Gasteiger partial charge in [-0.25, -0.2) is 9.97 Å². The van der Waals surface area contributed by atoms with Crippen LogP contribution in [0.2, 0.25) is 0 Å². The summed E-state index contributed by atoms with van der Waals surface area (Å²) in [6, 6.07) is 82.3. The normalized spacial score (nSPS) is 11.5. The van der Waals surface area contributed by atoms with Gasteiger partial charge < -0.3 is 9.13 Å². The molecule has 3 heterocycles. The second kappa shape index (κ2) is 14.7. The second-order valence-corrected chi connectivity index (χ2v) is 15.8. The molecule has 0 aliphatic rings. The van der Waals surface area contributed by atoms with Gasteiger partial charge in [0.15, 0.2) is 5.82 Å². The van der Waals surface area contributed by atoms with Gasteiger partial charge in [-0.3, -0.25) is 0 Å². The largest absolute Gasteiger partial charge is 0.309 e. The van der Waals surface area contributed by atoms with Crippen LogP contribution < -0.4 is 0 Å². The highest BCUT2D eigenvalue weighted by molar-refractivity contribution is 6.13. The molecule has 0 bridgehead atoms. The van der Waals surface area contributed by atoms with Crippen LogP contribution in [0.3, 0.4) is 0 Å². The molecule has 0 atom stereocenters. The summed E-state index contributed by atoms with van der Waals surface area (Å²) in [5, 5.41) is 4.89. The number of nitrogens with zero attached hydrogens (tertiary/aromatic N) is 4. The van der Waals surface area contributed by atoms with E-state index in [2.05, 4.69) is 215 Å². The van der Waals surface area contributed by atoms with Gasteiger partial charge in [-0.2, -0.15) is 0 Å². The van der Waals surface area contributed by atoms with E-state index >= 15 is 0 Å². The summed E-state index contributed by atoms with van der Waals surface area (Å²) in [5.41, 5.74) is 16.1. The predicted octanol–water partition coefficient (Wildman–Crippen LogP) is 15.0. The van der Waals surface area contributed by atoms with Crippen LogP contribution in [0.5, 0.6) is 0 Å². The molecular formula is C58H38N4. The molecule has 0 aliphatic carbocycles. The number of aromatic nitrogens is 4. The van der Waals surface area contributed by atoms with Gasteiger partial charge in [0.25, 0.3) is 0 Å². The van der Waals surface area contributed by atoms with Gasteiger partial charge in [-0.15, -0.1) is 0 Å². The molecule has 0 radical (unpaired) electrons. The molecule has 290 valence electrons. The van der Waals surface area contributed by atoms with E-state index in [0.29, 0.717) is 5.82 Å². The molecule has 4 nitrogen and oxygen atoms in total. The average molecular weight is 791 g/mol. The zero-order chi connectivity index (χ0) is 41.0. The fourth-order valence-corrected chi connectivity index (χ4v) is 9.31. The van der Waals surface area contributed by atoms with Crippen molar-refractivity contribution in [2.24, 2.45) is 0 Å². The van der Waals surface area contributed by atoms with E-state index < -0.39 is 0 Å². The van der Waals surface area contributed by atoms with Crippen LogP contribution >= 0.6 is 0 Å². The third-order valence-corrected chi connectivity index (χ3v) is 12.1. The fraction of sp³-hybridized carbons (Fsp3) is 0. The molecule has 12 rings (SSSR count). The standard InChI is InChI=1S/C58H38N4/c1-5-19-39(20-6-1)49-35-43(52-38-51(41-23-9-3-10-24-41)59-58(60-52)42-25-11-4-12-26-42)36-50(40-21-7-2-8-22-40)57(49)62-55-32-18-15-29-47(55)48-34-33-44(37-56(48)62)61-53-30-16-13-27-45(53)46-28-14-17-31-54(46)61/h1-38H. The number of rotatable bonds is 7. The Labute approximate surface area is 359 Å². The maximum Gasteiger partial charge on any atom is 0.160 e. The Morgan fingerprint density at radius 2 is 0.677 bits per heavy atom. The van der Waals surface area contributed by atoms with Gasteiger partial charge in [0.05, 0.1) is 39.1 Å². The van der Waals surface area contributed by atoms with E-state index in [1.807, 2.05) is 24.3 Å². The van der Waals surface area contributed by atoms with Crippen molar-refractivity contribution in [3.05, 3.63) is 231 Å². The zero-order valence-corrected chi connectivity index (χ0v) is 33.7. The number of para-hydroxylation sites is 3. The van der Waals surface area contributed by atoms with Gasteiger partial charge in [0.1, 0.15) is 0 Å². The number of fused-ring (bicyclic) bond motifs is 6. The van der Waals surface area contributed by atoms with E-state index in [9.17, 15) is 0 Å². The van der Waals surface area contributed by atoms with Gasteiger partial charge in [-0.1, -0.05) is 182 Å². The smallest absolute Gasteiger partial charge is 0.160 e. The fourth-order valence-electron chi connectivity index (χ4n) is 9.31. The summed E-state index contributed by atoms with van der Waals surface area (Å²) >= 11 is 0. The highest BCUT2D eigenvalue weighted by Gasteiger charge is 2.23. The van der Waals surface area contributed by atoms with Crippen LogP contribution in [0.15, 0.2) is 231 Å². The molecule has 0 spiro atoms. The maximum atomic E-state index is 5.33. The molecule has 0 N–H and O–H groups in total. The monoisotopic (exact) mass is 790 g/mol. The Hall–Kier alpha value is -8.34. The molecule has 0 saturated carbocycles. The molecule has 0 fully saturated rings. The molecule has 0 unspecified atom stereocenters. The van der Waals surface area contributed by atoms with Crippen molar-refractivity contribution in [2.75, 3.05) is 0 Å². The lowest BCUT2D eigenvalue weighted by Crippen LogP contribution is -2.03.